The number of hydrogen-bond donors (Lipinski definition) is 1. The monoisotopic (exact) mass is 294 g/mol. The number of rotatable bonds is 6. The van der Waals surface area contributed by atoms with E-state index in [9.17, 15) is 9.18 Å². The van der Waals surface area contributed by atoms with Crippen molar-refractivity contribution >= 4 is 28.1 Å². The molecule has 0 saturated carbocycles. The van der Waals surface area contributed by atoms with Gasteiger partial charge in [-0.3, -0.25) is 4.79 Å². The molecule has 20 heavy (non-hydrogen) atoms. The maximum Gasteiger partial charge on any atom is 0.303 e. The van der Waals surface area contributed by atoms with Crippen molar-refractivity contribution in [2.24, 2.45) is 0 Å². The highest BCUT2D eigenvalue weighted by molar-refractivity contribution is 7.13. The first kappa shape index (κ1) is 14.5. The molecule has 0 saturated heterocycles. The van der Waals surface area contributed by atoms with E-state index in [1.54, 1.807) is 12.1 Å². The van der Waals surface area contributed by atoms with Crippen LogP contribution in [0.1, 0.15) is 19.0 Å². The van der Waals surface area contributed by atoms with E-state index in [2.05, 4.69) is 4.98 Å². The second-order valence-corrected chi connectivity index (χ2v) is 5.07. The van der Waals surface area contributed by atoms with Gasteiger partial charge in [0.15, 0.2) is 5.13 Å². The van der Waals surface area contributed by atoms with Gasteiger partial charge in [0, 0.05) is 24.0 Å². The van der Waals surface area contributed by atoms with Crippen LogP contribution >= 0.6 is 11.3 Å². The Morgan fingerprint density at radius 2 is 2.10 bits per heavy atom. The highest BCUT2D eigenvalue weighted by Gasteiger charge is 2.12. The van der Waals surface area contributed by atoms with Gasteiger partial charge in [-0.2, -0.15) is 0 Å². The molecule has 0 aliphatic rings. The van der Waals surface area contributed by atoms with E-state index in [0.29, 0.717) is 13.0 Å². The highest BCUT2D eigenvalue weighted by atomic mass is 32.1. The minimum Gasteiger partial charge on any atom is -0.481 e. The zero-order valence-electron chi connectivity index (χ0n) is 11.0. The van der Waals surface area contributed by atoms with Crippen LogP contribution < -0.4 is 4.90 Å². The van der Waals surface area contributed by atoms with E-state index >= 15 is 0 Å². The van der Waals surface area contributed by atoms with Crippen LogP contribution in [0.4, 0.5) is 15.2 Å². The summed E-state index contributed by atoms with van der Waals surface area (Å²) in [6.07, 6.45) is 0.499. The van der Waals surface area contributed by atoms with Crippen molar-refractivity contribution in [3.63, 3.8) is 0 Å². The minimum atomic E-state index is -0.828. The second-order valence-electron chi connectivity index (χ2n) is 4.24. The first-order valence-electron chi connectivity index (χ1n) is 6.29. The van der Waals surface area contributed by atoms with E-state index in [1.165, 1.54) is 23.5 Å². The summed E-state index contributed by atoms with van der Waals surface area (Å²) in [4.78, 5) is 17.0. The second kappa shape index (κ2) is 6.47. The molecule has 1 aromatic carbocycles. The van der Waals surface area contributed by atoms with Crippen molar-refractivity contribution in [3.8, 4) is 0 Å². The fourth-order valence-electron chi connectivity index (χ4n) is 1.82. The van der Waals surface area contributed by atoms with E-state index < -0.39 is 5.97 Å². The maximum atomic E-state index is 12.9. The fraction of sp³-hybridized carbons (Fsp3) is 0.286. The Labute approximate surface area is 120 Å². The largest absolute Gasteiger partial charge is 0.481 e. The lowest BCUT2D eigenvalue weighted by molar-refractivity contribution is -0.136. The number of aliphatic carboxylic acids is 1. The van der Waals surface area contributed by atoms with Crippen molar-refractivity contribution in [3.05, 3.63) is 41.2 Å². The van der Waals surface area contributed by atoms with E-state index in [-0.39, 0.29) is 12.2 Å². The number of aryl methyl sites for hydroxylation is 1. The number of carboxylic acid groups (broad SMARTS) is 1. The third-order valence-electron chi connectivity index (χ3n) is 2.82. The Kier molecular flexibility index (Phi) is 4.68. The smallest absolute Gasteiger partial charge is 0.303 e. The number of benzene rings is 1. The van der Waals surface area contributed by atoms with E-state index in [4.69, 9.17) is 5.11 Å². The van der Waals surface area contributed by atoms with Crippen molar-refractivity contribution in [1.29, 1.82) is 0 Å². The van der Waals surface area contributed by atoms with E-state index in [1.807, 2.05) is 17.2 Å². The summed E-state index contributed by atoms with van der Waals surface area (Å²) in [6, 6.07) is 6.24. The molecule has 0 unspecified atom stereocenters. The van der Waals surface area contributed by atoms with Crippen LogP contribution in [0, 0.1) is 5.82 Å². The Morgan fingerprint density at radius 1 is 1.40 bits per heavy atom. The SMILES string of the molecule is CCN(c1ccc(F)cc1)c1nc(CCC(=O)O)cs1. The molecule has 1 heterocycles. The molecular weight excluding hydrogens is 279 g/mol. The minimum absolute atomic E-state index is 0.0752. The molecule has 1 aromatic heterocycles. The number of thiazole rings is 1. The van der Waals surface area contributed by atoms with Gasteiger partial charge in [-0.1, -0.05) is 0 Å². The molecule has 0 bridgehead atoms. The quantitative estimate of drug-likeness (QED) is 0.886. The van der Waals surface area contributed by atoms with E-state index in [0.717, 1.165) is 16.5 Å². The molecule has 0 spiro atoms. The first-order chi connectivity index (χ1) is 9.60. The molecule has 6 heteroatoms. The maximum absolute atomic E-state index is 12.9. The lowest BCUT2D eigenvalue weighted by atomic mass is 10.2. The Balaban J connectivity index is 2.15. The third kappa shape index (κ3) is 3.54. The molecule has 0 atom stereocenters. The van der Waals surface area contributed by atoms with Crippen LogP contribution in [0.25, 0.3) is 0 Å². The predicted molar refractivity (Wildman–Crippen MR) is 77.2 cm³/mol. The molecular formula is C14H15FN2O2S. The fourth-order valence-corrected chi connectivity index (χ4v) is 2.76. The summed E-state index contributed by atoms with van der Waals surface area (Å²) in [7, 11) is 0. The van der Waals surface area contributed by atoms with Crippen molar-refractivity contribution in [2.75, 3.05) is 11.4 Å². The summed E-state index contributed by atoms with van der Waals surface area (Å²) >= 11 is 1.46. The van der Waals surface area contributed by atoms with Crippen LogP contribution in [0.2, 0.25) is 0 Å². The Morgan fingerprint density at radius 3 is 2.70 bits per heavy atom. The number of halogens is 1. The standard InChI is InChI=1S/C14H15FN2O2S/c1-2-17(12-6-3-10(15)4-7-12)14-16-11(9-20-14)5-8-13(18)19/h3-4,6-7,9H,2,5,8H2,1H3,(H,18,19). The zero-order valence-corrected chi connectivity index (χ0v) is 11.9. The molecule has 106 valence electrons. The molecule has 0 radical (unpaired) electrons. The first-order valence-corrected chi connectivity index (χ1v) is 7.17. The number of anilines is 2. The van der Waals surface area contributed by atoms with Crippen LogP contribution in [0.3, 0.4) is 0 Å². The lowest BCUT2D eigenvalue weighted by Gasteiger charge is -2.19. The third-order valence-corrected chi connectivity index (χ3v) is 3.73. The zero-order chi connectivity index (χ0) is 14.5. The van der Waals surface area contributed by atoms with Gasteiger partial charge < -0.3 is 10.0 Å². The Bertz CT molecular complexity index is 583. The average molecular weight is 294 g/mol. The number of hydrogen-bond acceptors (Lipinski definition) is 4. The molecule has 4 nitrogen and oxygen atoms in total. The number of nitrogens with zero attached hydrogens (tertiary/aromatic N) is 2. The number of carboxylic acids is 1. The summed E-state index contributed by atoms with van der Waals surface area (Å²) in [6.45, 7) is 2.69. The topological polar surface area (TPSA) is 53.4 Å². The number of carbonyl (C=O) groups is 1. The van der Waals surface area contributed by atoms with Gasteiger partial charge in [0.05, 0.1) is 12.1 Å². The molecule has 0 aliphatic carbocycles. The van der Waals surface area contributed by atoms with Crippen LogP contribution in [-0.2, 0) is 11.2 Å². The summed E-state index contributed by atoms with van der Waals surface area (Å²) < 4.78 is 12.9. The molecule has 2 aromatic rings. The predicted octanol–water partition coefficient (Wildman–Crippen LogP) is 3.46. The van der Waals surface area contributed by atoms with Crippen molar-refractivity contribution in [1.82, 2.24) is 4.98 Å². The number of aromatic nitrogens is 1. The molecule has 0 amide bonds. The Hall–Kier alpha value is -1.95. The molecule has 0 fully saturated rings. The molecule has 0 aliphatic heterocycles. The average Bonchev–Trinajstić information content (AvgIpc) is 2.88. The summed E-state index contributed by atoms with van der Waals surface area (Å²) in [5, 5.41) is 11.3. The lowest BCUT2D eigenvalue weighted by Crippen LogP contribution is -2.15. The van der Waals surface area contributed by atoms with Gasteiger partial charge in [-0.25, -0.2) is 9.37 Å². The van der Waals surface area contributed by atoms with Crippen molar-refractivity contribution < 1.29 is 14.3 Å². The molecule has 1 N–H and O–H groups in total. The van der Waals surface area contributed by atoms with Gasteiger partial charge >= 0.3 is 5.97 Å². The normalized spacial score (nSPS) is 10.5. The van der Waals surface area contributed by atoms with Crippen molar-refractivity contribution in [2.45, 2.75) is 19.8 Å². The highest BCUT2D eigenvalue weighted by Crippen LogP contribution is 2.28. The van der Waals surface area contributed by atoms with Crippen LogP contribution in [-0.4, -0.2) is 22.6 Å². The van der Waals surface area contributed by atoms with Gasteiger partial charge in [-0.15, -0.1) is 11.3 Å². The van der Waals surface area contributed by atoms with Gasteiger partial charge in [0.2, 0.25) is 0 Å². The van der Waals surface area contributed by atoms with Gasteiger partial charge in [0.1, 0.15) is 5.82 Å². The van der Waals surface area contributed by atoms with Crippen LogP contribution in [0.15, 0.2) is 29.6 Å². The van der Waals surface area contributed by atoms with Gasteiger partial charge in [-0.05, 0) is 31.2 Å². The molecule has 2 rings (SSSR count). The summed E-state index contributed by atoms with van der Waals surface area (Å²) in [5.41, 5.74) is 1.64. The van der Waals surface area contributed by atoms with Gasteiger partial charge in [0.25, 0.3) is 0 Å². The van der Waals surface area contributed by atoms with Crippen LogP contribution in [0.5, 0.6) is 0 Å². The summed E-state index contributed by atoms with van der Waals surface area (Å²) in [5.74, 6) is -1.10.